The van der Waals surface area contributed by atoms with Gasteiger partial charge in [-0.25, -0.2) is 4.79 Å². The van der Waals surface area contributed by atoms with E-state index in [-0.39, 0.29) is 0 Å². The average Bonchev–Trinajstić information content (AvgIpc) is 2.19. The molecule has 1 aromatic carbocycles. The fraction of sp³-hybridized carbons (Fsp3) is 0.200. The number of hydrogen-bond acceptors (Lipinski definition) is 3. The Morgan fingerprint density at radius 2 is 2.21 bits per heavy atom. The number of hydrogen-bond donors (Lipinski definition) is 1. The molecule has 0 aliphatic carbocycles. The SMILES string of the molecule is CCOC(=O)c1ccccc1NC=O. The molecule has 4 nitrogen and oxygen atoms in total. The molecule has 0 unspecified atom stereocenters. The zero-order valence-electron chi connectivity index (χ0n) is 7.82. The van der Waals surface area contributed by atoms with E-state index in [0.29, 0.717) is 24.3 Å². The standard InChI is InChI=1S/C10H11NO3/c1-2-14-10(13)8-5-3-4-6-9(8)11-7-12/h3-7H,2H2,1H3,(H,11,12). The lowest BCUT2D eigenvalue weighted by atomic mass is 10.2. The van der Waals surface area contributed by atoms with Gasteiger partial charge in [-0.1, -0.05) is 12.1 Å². The van der Waals surface area contributed by atoms with E-state index in [9.17, 15) is 9.59 Å². The third kappa shape index (κ3) is 2.32. The molecule has 0 saturated heterocycles. The van der Waals surface area contributed by atoms with Crippen molar-refractivity contribution in [2.45, 2.75) is 6.92 Å². The van der Waals surface area contributed by atoms with Crippen LogP contribution in [0.4, 0.5) is 5.69 Å². The third-order valence-electron chi connectivity index (χ3n) is 1.64. The van der Waals surface area contributed by atoms with Gasteiger partial charge in [0, 0.05) is 0 Å². The number of carbonyl (C=O) groups excluding carboxylic acids is 2. The zero-order chi connectivity index (χ0) is 10.4. The van der Waals surface area contributed by atoms with Gasteiger partial charge < -0.3 is 10.1 Å². The summed E-state index contributed by atoms with van der Waals surface area (Å²) in [4.78, 5) is 21.6. The zero-order valence-corrected chi connectivity index (χ0v) is 7.82. The Morgan fingerprint density at radius 1 is 1.50 bits per heavy atom. The van der Waals surface area contributed by atoms with Crippen molar-refractivity contribution in [3.63, 3.8) is 0 Å². The number of anilines is 1. The predicted octanol–water partition coefficient (Wildman–Crippen LogP) is 1.43. The molecule has 0 saturated carbocycles. The molecule has 14 heavy (non-hydrogen) atoms. The van der Waals surface area contributed by atoms with Crippen LogP contribution in [0, 0.1) is 0 Å². The first-order chi connectivity index (χ1) is 6.79. The maximum atomic E-state index is 11.4. The summed E-state index contributed by atoms with van der Waals surface area (Å²) in [5, 5.41) is 2.43. The van der Waals surface area contributed by atoms with Crippen molar-refractivity contribution in [1.82, 2.24) is 0 Å². The van der Waals surface area contributed by atoms with Crippen molar-refractivity contribution < 1.29 is 14.3 Å². The lowest BCUT2D eigenvalue weighted by Crippen LogP contribution is -2.08. The van der Waals surface area contributed by atoms with Crippen LogP contribution < -0.4 is 5.32 Å². The Balaban J connectivity index is 2.93. The molecule has 74 valence electrons. The van der Waals surface area contributed by atoms with Crippen LogP contribution in [0.5, 0.6) is 0 Å². The molecule has 0 bridgehead atoms. The molecule has 0 aliphatic rings. The molecule has 0 radical (unpaired) electrons. The van der Waals surface area contributed by atoms with Gasteiger partial charge in [-0.2, -0.15) is 0 Å². The number of rotatable bonds is 4. The van der Waals surface area contributed by atoms with Crippen molar-refractivity contribution in [3.05, 3.63) is 29.8 Å². The maximum absolute atomic E-state index is 11.4. The molecule has 1 aromatic rings. The highest BCUT2D eigenvalue weighted by Crippen LogP contribution is 2.14. The van der Waals surface area contributed by atoms with Crippen molar-refractivity contribution in [2.24, 2.45) is 0 Å². The van der Waals surface area contributed by atoms with Crippen molar-refractivity contribution in [2.75, 3.05) is 11.9 Å². The Hall–Kier alpha value is -1.84. The van der Waals surface area contributed by atoms with Crippen molar-refractivity contribution in [1.29, 1.82) is 0 Å². The molecule has 0 heterocycles. The summed E-state index contributed by atoms with van der Waals surface area (Å²) in [7, 11) is 0. The largest absolute Gasteiger partial charge is 0.462 e. The molecular weight excluding hydrogens is 182 g/mol. The molecule has 0 fully saturated rings. The fourth-order valence-corrected chi connectivity index (χ4v) is 1.06. The van der Waals surface area contributed by atoms with Gasteiger partial charge in [0.15, 0.2) is 0 Å². The molecule has 0 aliphatic heterocycles. The van der Waals surface area contributed by atoms with E-state index in [1.54, 1.807) is 31.2 Å². The maximum Gasteiger partial charge on any atom is 0.340 e. The monoisotopic (exact) mass is 193 g/mol. The van der Waals surface area contributed by atoms with Gasteiger partial charge in [0.1, 0.15) is 0 Å². The lowest BCUT2D eigenvalue weighted by molar-refractivity contribution is -0.105. The minimum atomic E-state index is -0.433. The minimum absolute atomic E-state index is 0.314. The highest BCUT2D eigenvalue weighted by molar-refractivity contribution is 5.97. The highest BCUT2D eigenvalue weighted by Gasteiger charge is 2.10. The van der Waals surface area contributed by atoms with Crippen molar-refractivity contribution >= 4 is 18.1 Å². The summed E-state index contributed by atoms with van der Waals surface area (Å²) in [6.07, 6.45) is 0.526. The number of esters is 1. The predicted molar refractivity (Wildman–Crippen MR) is 52.1 cm³/mol. The van der Waals surface area contributed by atoms with E-state index in [1.165, 1.54) is 0 Å². The highest BCUT2D eigenvalue weighted by atomic mass is 16.5. The average molecular weight is 193 g/mol. The van der Waals surface area contributed by atoms with Crippen LogP contribution in [0.2, 0.25) is 0 Å². The quantitative estimate of drug-likeness (QED) is 0.581. The van der Waals surface area contributed by atoms with Gasteiger partial charge in [-0.15, -0.1) is 0 Å². The van der Waals surface area contributed by atoms with Crippen LogP contribution >= 0.6 is 0 Å². The van der Waals surface area contributed by atoms with E-state index < -0.39 is 5.97 Å². The molecule has 4 heteroatoms. The first kappa shape index (κ1) is 10.2. The van der Waals surface area contributed by atoms with Crippen LogP contribution in [-0.2, 0) is 9.53 Å². The molecular formula is C10H11NO3. The summed E-state index contributed by atoms with van der Waals surface area (Å²) in [5.74, 6) is -0.433. The van der Waals surface area contributed by atoms with E-state index in [2.05, 4.69) is 5.32 Å². The Kier molecular flexibility index (Phi) is 3.67. The van der Waals surface area contributed by atoms with E-state index in [1.807, 2.05) is 0 Å². The van der Waals surface area contributed by atoms with Crippen LogP contribution in [-0.4, -0.2) is 19.0 Å². The second kappa shape index (κ2) is 5.01. The van der Waals surface area contributed by atoms with Gasteiger partial charge in [-0.05, 0) is 19.1 Å². The Morgan fingerprint density at radius 3 is 2.86 bits per heavy atom. The van der Waals surface area contributed by atoms with E-state index in [4.69, 9.17) is 4.74 Å². The number of para-hydroxylation sites is 1. The second-order valence-corrected chi connectivity index (χ2v) is 2.53. The molecule has 1 amide bonds. The van der Waals surface area contributed by atoms with Gasteiger partial charge >= 0.3 is 5.97 Å². The summed E-state index contributed by atoms with van der Waals surface area (Å²) in [6.45, 7) is 2.04. The Bertz CT molecular complexity index is 336. The fourth-order valence-electron chi connectivity index (χ4n) is 1.06. The third-order valence-corrected chi connectivity index (χ3v) is 1.64. The molecule has 1 rings (SSSR count). The first-order valence-corrected chi connectivity index (χ1v) is 4.26. The van der Waals surface area contributed by atoms with Gasteiger partial charge in [0.05, 0.1) is 17.9 Å². The smallest absolute Gasteiger partial charge is 0.340 e. The van der Waals surface area contributed by atoms with E-state index in [0.717, 1.165) is 0 Å². The number of benzene rings is 1. The van der Waals surface area contributed by atoms with Crippen LogP contribution in [0.25, 0.3) is 0 Å². The molecule has 0 atom stereocenters. The van der Waals surface area contributed by atoms with Crippen LogP contribution in [0.3, 0.4) is 0 Å². The van der Waals surface area contributed by atoms with Crippen LogP contribution in [0.15, 0.2) is 24.3 Å². The summed E-state index contributed by atoms with van der Waals surface area (Å²) in [6, 6.07) is 6.68. The summed E-state index contributed by atoms with van der Waals surface area (Å²) >= 11 is 0. The Labute approximate surface area is 81.9 Å². The number of amides is 1. The van der Waals surface area contributed by atoms with Gasteiger partial charge in [0.2, 0.25) is 6.41 Å². The summed E-state index contributed by atoms with van der Waals surface area (Å²) in [5.41, 5.74) is 0.822. The number of nitrogens with one attached hydrogen (secondary N) is 1. The lowest BCUT2D eigenvalue weighted by Gasteiger charge is -2.06. The normalized spacial score (nSPS) is 9.21. The molecule has 0 spiro atoms. The van der Waals surface area contributed by atoms with E-state index >= 15 is 0 Å². The van der Waals surface area contributed by atoms with Crippen molar-refractivity contribution in [3.8, 4) is 0 Å². The molecule has 0 aromatic heterocycles. The van der Waals surface area contributed by atoms with Gasteiger partial charge in [-0.3, -0.25) is 4.79 Å². The first-order valence-electron chi connectivity index (χ1n) is 4.26. The summed E-state index contributed by atoms with van der Waals surface area (Å²) < 4.78 is 4.82. The number of carbonyl (C=O) groups is 2. The topological polar surface area (TPSA) is 55.4 Å². The van der Waals surface area contributed by atoms with Gasteiger partial charge in [0.25, 0.3) is 0 Å². The second-order valence-electron chi connectivity index (χ2n) is 2.53. The number of ether oxygens (including phenoxy) is 1. The van der Waals surface area contributed by atoms with Crippen LogP contribution in [0.1, 0.15) is 17.3 Å². The minimum Gasteiger partial charge on any atom is -0.462 e. The molecule has 1 N–H and O–H groups in total.